The van der Waals surface area contributed by atoms with Crippen molar-refractivity contribution in [2.24, 2.45) is 4.99 Å². The summed E-state index contributed by atoms with van der Waals surface area (Å²) in [7, 11) is 1.76. The third-order valence-electron chi connectivity index (χ3n) is 3.50. The van der Waals surface area contributed by atoms with Gasteiger partial charge in [0.15, 0.2) is 11.7 Å². The SMILES string of the molecule is CN=C(NCc1cc(-c2ccccc2)on1)NCc1ccc(C)s1. The maximum atomic E-state index is 5.40. The standard InChI is InChI=1S/C18H20N4OS/c1-13-8-9-16(24-13)12-21-18(19-2)20-11-15-10-17(23-22-15)14-6-4-3-5-7-14/h3-10H,11-12H2,1-2H3,(H2,19,20,21). The van der Waals surface area contributed by atoms with E-state index in [-0.39, 0.29) is 0 Å². The number of aryl methyl sites for hydroxylation is 1. The van der Waals surface area contributed by atoms with E-state index in [2.05, 4.69) is 39.8 Å². The zero-order chi connectivity index (χ0) is 16.8. The molecule has 0 fully saturated rings. The number of nitrogens with zero attached hydrogens (tertiary/aromatic N) is 2. The quantitative estimate of drug-likeness (QED) is 0.550. The molecule has 0 saturated carbocycles. The minimum Gasteiger partial charge on any atom is -0.356 e. The van der Waals surface area contributed by atoms with Crippen molar-refractivity contribution in [1.82, 2.24) is 15.8 Å². The number of nitrogens with one attached hydrogen (secondary N) is 2. The molecule has 0 aliphatic carbocycles. The number of benzene rings is 1. The van der Waals surface area contributed by atoms with Gasteiger partial charge in [-0.05, 0) is 19.1 Å². The molecule has 0 aliphatic rings. The lowest BCUT2D eigenvalue weighted by atomic mass is 10.2. The zero-order valence-electron chi connectivity index (χ0n) is 13.7. The molecule has 0 radical (unpaired) electrons. The highest BCUT2D eigenvalue weighted by molar-refractivity contribution is 7.11. The number of guanidine groups is 1. The Hall–Kier alpha value is -2.60. The van der Waals surface area contributed by atoms with Crippen molar-refractivity contribution >= 4 is 17.3 Å². The van der Waals surface area contributed by atoms with Gasteiger partial charge in [0, 0.05) is 28.4 Å². The van der Waals surface area contributed by atoms with E-state index in [0.717, 1.165) is 29.5 Å². The first-order chi connectivity index (χ1) is 11.7. The molecule has 24 heavy (non-hydrogen) atoms. The van der Waals surface area contributed by atoms with Crippen LogP contribution < -0.4 is 10.6 Å². The Morgan fingerprint density at radius 3 is 2.62 bits per heavy atom. The van der Waals surface area contributed by atoms with Gasteiger partial charge in [-0.3, -0.25) is 4.99 Å². The molecular weight excluding hydrogens is 320 g/mol. The lowest BCUT2D eigenvalue weighted by Gasteiger charge is -2.09. The van der Waals surface area contributed by atoms with Crippen LogP contribution in [0.5, 0.6) is 0 Å². The minimum absolute atomic E-state index is 0.555. The molecule has 3 aromatic rings. The van der Waals surface area contributed by atoms with E-state index < -0.39 is 0 Å². The lowest BCUT2D eigenvalue weighted by molar-refractivity contribution is 0.422. The highest BCUT2D eigenvalue weighted by atomic mass is 32.1. The Labute approximate surface area is 145 Å². The molecule has 0 atom stereocenters. The Kier molecular flexibility index (Phi) is 5.28. The number of rotatable bonds is 5. The van der Waals surface area contributed by atoms with Crippen LogP contribution in [0.1, 0.15) is 15.4 Å². The molecule has 5 nitrogen and oxygen atoms in total. The average Bonchev–Trinajstić information content (AvgIpc) is 3.25. The molecule has 0 spiro atoms. The number of thiophene rings is 1. The highest BCUT2D eigenvalue weighted by Crippen LogP contribution is 2.19. The first kappa shape index (κ1) is 16.3. The summed E-state index contributed by atoms with van der Waals surface area (Å²) in [5, 5.41) is 10.6. The molecule has 1 aromatic carbocycles. The maximum Gasteiger partial charge on any atom is 0.191 e. The van der Waals surface area contributed by atoms with E-state index in [9.17, 15) is 0 Å². The number of aliphatic imine (C=N–C) groups is 1. The summed E-state index contributed by atoms with van der Waals surface area (Å²) in [6.45, 7) is 3.42. The van der Waals surface area contributed by atoms with Crippen LogP contribution in [-0.2, 0) is 13.1 Å². The summed E-state index contributed by atoms with van der Waals surface area (Å²) in [4.78, 5) is 6.82. The second kappa shape index (κ2) is 7.79. The summed E-state index contributed by atoms with van der Waals surface area (Å²) in [5.41, 5.74) is 1.86. The molecule has 2 heterocycles. The molecule has 6 heteroatoms. The topological polar surface area (TPSA) is 62.5 Å². The molecule has 0 unspecified atom stereocenters. The molecule has 2 aromatic heterocycles. The van der Waals surface area contributed by atoms with Gasteiger partial charge in [-0.2, -0.15) is 0 Å². The fraction of sp³-hybridized carbons (Fsp3) is 0.222. The monoisotopic (exact) mass is 340 g/mol. The summed E-state index contributed by atoms with van der Waals surface area (Å²) in [6, 6.07) is 16.1. The van der Waals surface area contributed by atoms with Gasteiger partial charge in [-0.25, -0.2) is 0 Å². The molecule has 3 rings (SSSR count). The molecule has 2 N–H and O–H groups in total. The smallest absolute Gasteiger partial charge is 0.191 e. The van der Waals surface area contributed by atoms with Crippen LogP contribution in [0, 0.1) is 6.92 Å². The predicted molar refractivity (Wildman–Crippen MR) is 98.0 cm³/mol. The third-order valence-corrected chi connectivity index (χ3v) is 4.50. The van der Waals surface area contributed by atoms with Crippen molar-refractivity contribution in [2.45, 2.75) is 20.0 Å². The van der Waals surface area contributed by atoms with Crippen molar-refractivity contribution in [3.05, 3.63) is 64.0 Å². The van der Waals surface area contributed by atoms with Crippen LogP contribution in [0.25, 0.3) is 11.3 Å². The largest absolute Gasteiger partial charge is 0.356 e. The van der Waals surface area contributed by atoms with Gasteiger partial charge >= 0.3 is 0 Å². The first-order valence-corrected chi connectivity index (χ1v) is 8.57. The Bertz CT molecular complexity index is 807. The van der Waals surface area contributed by atoms with Crippen molar-refractivity contribution in [3.8, 4) is 11.3 Å². The fourth-order valence-electron chi connectivity index (χ4n) is 2.28. The molecule has 0 amide bonds. The molecule has 124 valence electrons. The van der Waals surface area contributed by atoms with Gasteiger partial charge in [0.1, 0.15) is 5.69 Å². The van der Waals surface area contributed by atoms with Gasteiger partial charge in [0.2, 0.25) is 0 Å². The lowest BCUT2D eigenvalue weighted by Crippen LogP contribution is -2.36. The third kappa shape index (κ3) is 4.23. The van der Waals surface area contributed by atoms with Crippen molar-refractivity contribution in [3.63, 3.8) is 0 Å². The second-order valence-electron chi connectivity index (χ2n) is 5.34. The van der Waals surface area contributed by atoms with Crippen molar-refractivity contribution < 1.29 is 4.52 Å². The van der Waals surface area contributed by atoms with Crippen LogP contribution >= 0.6 is 11.3 Å². The Morgan fingerprint density at radius 1 is 1.12 bits per heavy atom. The van der Waals surface area contributed by atoms with E-state index in [1.165, 1.54) is 9.75 Å². The number of aromatic nitrogens is 1. The number of hydrogen-bond donors (Lipinski definition) is 2. The number of hydrogen-bond acceptors (Lipinski definition) is 4. The van der Waals surface area contributed by atoms with Crippen molar-refractivity contribution in [2.75, 3.05) is 7.05 Å². The van der Waals surface area contributed by atoms with Gasteiger partial charge in [-0.15, -0.1) is 11.3 Å². The minimum atomic E-state index is 0.555. The van der Waals surface area contributed by atoms with E-state index in [1.54, 1.807) is 18.4 Å². The van der Waals surface area contributed by atoms with E-state index in [4.69, 9.17) is 4.52 Å². The van der Waals surface area contributed by atoms with Gasteiger partial charge in [0.05, 0.1) is 13.1 Å². The van der Waals surface area contributed by atoms with E-state index in [0.29, 0.717) is 6.54 Å². The summed E-state index contributed by atoms with van der Waals surface area (Å²) < 4.78 is 5.40. The van der Waals surface area contributed by atoms with Crippen LogP contribution in [0.4, 0.5) is 0 Å². The van der Waals surface area contributed by atoms with E-state index in [1.807, 2.05) is 36.4 Å². The normalized spacial score (nSPS) is 11.5. The maximum absolute atomic E-state index is 5.40. The molecule has 0 saturated heterocycles. The molecule has 0 bridgehead atoms. The van der Waals surface area contributed by atoms with E-state index >= 15 is 0 Å². The Balaban J connectivity index is 1.53. The summed E-state index contributed by atoms with van der Waals surface area (Å²) >= 11 is 1.78. The van der Waals surface area contributed by atoms with Crippen LogP contribution in [0.15, 0.2) is 58.0 Å². The average molecular weight is 340 g/mol. The molecular formula is C18H20N4OS. The first-order valence-electron chi connectivity index (χ1n) is 7.75. The van der Waals surface area contributed by atoms with Crippen molar-refractivity contribution in [1.29, 1.82) is 0 Å². The summed E-state index contributed by atoms with van der Waals surface area (Å²) in [5.74, 6) is 1.51. The zero-order valence-corrected chi connectivity index (χ0v) is 14.6. The predicted octanol–water partition coefficient (Wildman–Crippen LogP) is 3.58. The van der Waals surface area contributed by atoms with Crippen LogP contribution in [-0.4, -0.2) is 18.2 Å². The summed E-state index contributed by atoms with van der Waals surface area (Å²) in [6.07, 6.45) is 0. The van der Waals surface area contributed by atoms with Gasteiger partial charge in [0.25, 0.3) is 0 Å². The fourth-order valence-corrected chi connectivity index (χ4v) is 3.11. The Morgan fingerprint density at radius 2 is 1.92 bits per heavy atom. The molecule has 0 aliphatic heterocycles. The van der Waals surface area contributed by atoms with Gasteiger partial charge < -0.3 is 15.2 Å². The van der Waals surface area contributed by atoms with Crippen LogP contribution in [0.2, 0.25) is 0 Å². The second-order valence-corrected chi connectivity index (χ2v) is 6.71. The highest BCUT2D eigenvalue weighted by Gasteiger charge is 2.07. The van der Waals surface area contributed by atoms with Gasteiger partial charge in [-0.1, -0.05) is 35.5 Å². The van der Waals surface area contributed by atoms with Crippen LogP contribution in [0.3, 0.4) is 0 Å².